The van der Waals surface area contributed by atoms with Crippen molar-refractivity contribution < 1.29 is 0 Å². The fraction of sp³-hybridized carbons (Fsp3) is 0.182. The summed E-state index contributed by atoms with van der Waals surface area (Å²) in [5.74, 6) is 0. The van der Waals surface area contributed by atoms with E-state index >= 15 is 0 Å². The third-order valence-electron chi connectivity index (χ3n) is 2.13. The van der Waals surface area contributed by atoms with Crippen LogP contribution in [0.2, 0.25) is 0 Å². The van der Waals surface area contributed by atoms with E-state index in [4.69, 9.17) is 5.73 Å². The summed E-state index contributed by atoms with van der Waals surface area (Å²) in [5.41, 5.74) is 8.89. The number of aryl methyl sites for hydroxylation is 1. The molecule has 1 heterocycles. The van der Waals surface area contributed by atoms with Crippen molar-refractivity contribution in [1.29, 1.82) is 0 Å². The average Bonchev–Trinajstić information content (AvgIpc) is 2.17. The predicted molar refractivity (Wildman–Crippen MR) is 54.4 cm³/mol. The van der Waals surface area contributed by atoms with Gasteiger partial charge in [0, 0.05) is 18.1 Å². The second-order valence-corrected chi connectivity index (χ2v) is 3.24. The average molecular weight is 172 g/mol. The van der Waals surface area contributed by atoms with Crippen LogP contribution in [0.4, 0.5) is 0 Å². The van der Waals surface area contributed by atoms with Crippen LogP contribution in [0.1, 0.15) is 11.1 Å². The fourth-order valence-electron chi connectivity index (χ4n) is 1.39. The summed E-state index contributed by atoms with van der Waals surface area (Å²) in [6.07, 6.45) is 1.84. The smallest absolute Gasteiger partial charge is 0.0704 e. The van der Waals surface area contributed by atoms with Crippen LogP contribution in [-0.4, -0.2) is 4.98 Å². The molecule has 66 valence electrons. The molecule has 2 N–H and O–H groups in total. The number of nitrogens with two attached hydrogens (primary N) is 1. The van der Waals surface area contributed by atoms with E-state index < -0.39 is 0 Å². The van der Waals surface area contributed by atoms with Crippen molar-refractivity contribution in [1.82, 2.24) is 4.98 Å². The highest BCUT2D eigenvalue weighted by Gasteiger charge is 1.96. The zero-order valence-corrected chi connectivity index (χ0v) is 7.62. The SMILES string of the molecule is Cc1ccc2cc(CN)cnc2c1. The minimum absolute atomic E-state index is 0.552. The van der Waals surface area contributed by atoms with Gasteiger partial charge >= 0.3 is 0 Å². The van der Waals surface area contributed by atoms with Gasteiger partial charge < -0.3 is 5.73 Å². The number of nitrogens with zero attached hydrogens (tertiary/aromatic N) is 1. The van der Waals surface area contributed by atoms with Crippen LogP contribution in [0.3, 0.4) is 0 Å². The van der Waals surface area contributed by atoms with Gasteiger partial charge in [-0.05, 0) is 30.2 Å². The van der Waals surface area contributed by atoms with Gasteiger partial charge in [-0.15, -0.1) is 0 Å². The molecule has 1 aromatic heterocycles. The van der Waals surface area contributed by atoms with Gasteiger partial charge in [-0.1, -0.05) is 12.1 Å². The van der Waals surface area contributed by atoms with Crippen molar-refractivity contribution in [3.8, 4) is 0 Å². The van der Waals surface area contributed by atoms with E-state index in [0.29, 0.717) is 6.54 Å². The largest absolute Gasteiger partial charge is 0.326 e. The number of benzene rings is 1. The van der Waals surface area contributed by atoms with Crippen molar-refractivity contribution in [2.75, 3.05) is 0 Å². The van der Waals surface area contributed by atoms with Crippen LogP contribution in [-0.2, 0) is 6.54 Å². The summed E-state index contributed by atoms with van der Waals surface area (Å²) < 4.78 is 0. The van der Waals surface area contributed by atoms with Crippen LogP contribution in [0.15, 0.2) is 30.5 Å². The Balaban J connectivity index is 2.66. The van der Waals surface area contributed by atoms with E-state index in [0.717, 1.165) is 16.5 Å². The lowest BCUT2D eigenvalue weighted by Crippen LogP contribution is -1.96. The standard InChI is InChI=1S/C11H12N2/c1-8-2-3-10-5-9(6-12)7-13-11(10)4-8/h2-5,7H,6,12H2,1H3. The number of hydrogen-bond acceptors (Lipinski definition) is 2. The molecule has 0 saturated heterocycles. The van der Waals surface area contributed by atoms with Crippen molar-refractivity contribution in [3.05, 3.63) is 41.6 Å². The molecule has 2 rings (SSSR count). The summed E-state index contributed by atoms with van der Waals surface area (Å²) in [6.45, 7) is 2.62. The Morgan fingerprint density at radius 1 is 1.31 bits per heavy atom. The van der Waals surface area contributed by atoms with Crippen LogP contribution in [0.25, 0.3) is 10.9 Å². The molecule has 0 spiro atoms. The summed E-state index contributed by atoms with van der Waals surface area (Å²) >= 11 is 0. The maximum atomic E-state index is 5.53. The number of hydrogen-bond donors (Lipinski definition) is 1. The molecule has 13 heavy (non-hydrogen) atoms. The molecule has 0 fully saturated rings. The molecule has 0 aliphatic carbocycles. The Morgan fingerprint density at radius 3 is 2.92 bits per heavy atom. The molecule has 0 aliphatic rings. The Kier molecular flexibility index (Phi) is 1.99. The van der Waals surface area contributed by atoms with Gasteiger partial charge in [-0.3, -0.25) is 4.98 Å². The number of aromatic nitrogens is 1. The molecule has 1 aromatic carbocycles. The fourth-order valence-corrected chi connectivity index (χ4v) is 1.39. The first-order valence-corrected chi connectivity index (χ1v) is 4.35. The highest BCUT2D eigenvalue weighted by atomic mass is 14.7. The lowest BCUT2D eigenvalue weighted by atomic mass is 10.1. The van der Waals surface area contributed by atoms with E-state index in [2.05, 4.69) is 36.2 Å². The molecular weight excluding hydrogens is 160 g/mol. The lowest BCUT2D eigenvalue weighted by Gasteiger charge is -2.00. The van der Waals surface area contributed by atoms with Crippen molar-refractivity contribution in [2.45, 2.75) is 13.5 Å². The highest BCUT2D eigenvalue weighted by Crippen LogP contribution is 2.14. The third kappa shape index (κ3) is 1.53. The molecule has 0 bridgehead atoms. The molecule has 2 nitrogen and oxygen atoms in total. The first-order chi connectivity index (χ1) is 6.29. The highest BCUT2D eigenvalue weighted by molar-refractivity contribution is 5.79. The summed E-state index contributed by atoms with van der Waals surface area (Å²) in [7, 11) is 0. The molecule has 0 saturated carbocycles. The maximum Gasteiger partial charge on any atom is 0.0704 e. The monoisotopic (exact) mass is 172 g/mol. The normalized spacial score (nSPS) is 10.6. The molecule has 0 aliphatic heterocycles. The number of rotatable bonds is 1. The minimum Gasteiger partial charge on any atom is -0.326 e. The zero-order chi connectivity index (χ0) is 9.26. The third-order valence-corrected chi connectivity index (χ3v) is 2.13. The van der Waals surface area contributed by atoms with Crippen LogP contribution >= 0.6 is 0 Å². The van der Waals surface area contributed by atoms with Crippen LogP contribution in [0, 0.1) is 6.92 Å². The number of fused-ring (bicyclic) bond motifs is 1. The minimum atomic E-state index is 0.552. The first kappa shape index (κ1) is 8.20. The van der Waals surface area contributed by atoms with Gasteiger partial charge in [0.2, 0.25) is 0 Å². The van der Waals surface area contributed by atoms with Gasteiger partial charge in [0.25, 0.3) is 0 Å². The van der Waals surface area contributed by atoms with E-state index in [9.17, 15) is 0 Å². The quantitative estimate of drug-likeness (QED) is 0.714. The molecule has 0 radical (unpaired) electrons. The Morgan fingerprint density at radius 2 is 2.15 bits per heavy atom. The van der Waals surface area contributed by atoms with Crippen molar-refractivity contribution in [3.63, 3.8) is 0 Å². The summed E-state index contributed by atoms with van der Waals surface area (Å²) in [4.78, 5) is 4.33. The van der Waals surface area contributed by atoms with Gasteiger partial charge in [0.1, 0.15) is 0 Å². The zero-order valence-electron chi connectivity index (χ0n) is 7.62. The maximum absolute atomic E-state index is 5.53. The van der Waals surface area contributed by atoms with Crippen LogP contribution in [0.5, 0.6) is 0 Å². The predicted octanol–water partition coefficient (Wildman–Crippen LogP) is 2.00. The topological polar surface area (TPSA) is 38.9 Å². The second-order valence-electron chi connectivity index (χ2n) is 3.24. The van der Waals surface area contributed by atoms with Crippen LogP contribution < -0.4 is 5.73 Å². The molecular formula is C11H12N2. The Hall–Kier alpha value is -1.41. The first-order valence-electron chi connectivity index (χ1n) is 4.35. The summed E-state index contributed by atoms with van der Waals surface area (Å²) in [5, 5.41) is 1.16. The molecule has 2 aromatic rings. The molecule has 2 heteroatoms. The molecule has 0 atom stereocenters. The molecule has 0 amide bonds. The molecule has 0 unspecified atom stereocenters. The number of pyridine rings is 1. The van der Waals surface area contributed by atoms with Gasteiger partial charge in [-0.2, -0.15) is 0 Å². The van der Waals surface area contributed by atoms with E-state index in [-0.39, 0.29) is 0 Å². The van der Waals surface area contributed by atoms with Gasteiger partial charge in [0.05, 0.1) is 5.52 Å². The van der Waals surface area contributed by atoms with E-state index in [1.165, 1.54) is 5.56 Å². The van der Waals surface area contributed by atoms with E-state index in [1.54, 1.807) is 0 Å². The van der Waals surface area contributed by atoms with Crippen molar-refractivity contribution in [2.24, 2.45) is 5.73 Å². The summed E-state index contributed by atoms with van der Waals surface area (Å²) in [6, 6.07) is 8.33. The lowest BCUT2D eigenvalue weighted by molar-refractivity contribution is 1.06. The Labute approximate surface area is 77.4 Å². The van der Waals surface area contributed by atoms with Gasteiger partial charge in [0.15, 0.2) is 0 Å². The Bertz CT molecular complexity index is 435. The van der Waals surface area contributed by atoms with E-state index in [1.807, 2.05) is 6.20 Å². The van der Waals surface area contributed by atoms with Crippen molar-refractivity contribution >= 4 is 10.9 Å². The second kappa shape index (κ2) is 3.15. The van der Waals surface area contributed by atoms with Gasteiger partial charge in [-0.25, -0.2) is 0 Å².